The summed E-state index contributed by atoms with van der Waals surface area (Å²) in [6.45, 7) is 2.27. The molecule has 1 aliphatic heterocycles. The van der Waals surface area contributed by atoms with Crippen molar-refractivity contribution in [1.29, 1.82) is 0 Å². The maximum Gasteiger partial charge on any atom is 0.226 e. The minimum Gasteiger partial charge on any atom is -0.339 e. The first-order chi connectivity index (χ1) is 10.3. The van der Waals surface area contributed by atoms with Crippen LogP contribution in [0.2, 0.25) is 0 Å². The average Bonchev–Trinajstić information content (AvgIpc) is 3.16. The van der Waals surface area contributed by atoms with Crippen LogP contribution >= 0.6 is 27.7 Å². The van der Waals surface area contributed by atoms with Crippen molar-refractivity contribution >= 4 is 27.7 Å². The Morgan fingerprint density at radius 1 is 1.33 bits per heavy atom. The Bertz CT molecular complexity index is 567. The van der Waals surface area contributed by atoms with Crippen LogP contribution in [0.25, 0.3) is 0 Å². The fraction of sp³-hybridized carbons (Fsp3) is 0.467. The van der Waals surface area contributed by atoms with Gasteiger partial charge >= 0.3 is 0 Å². The zero-order valence-electron chi connectivity index (χ0n) is 11.7. The SMILES string of the molecule is Brc1ccc(SCc2noc(CCC3CCNC3)n2)cc1. The van der Waals surface area contributed by atoms with Crippen LogP contribution in [0.4, 0.5) is 0 Å². The topological polar surface area (TPSA) is 51.0 Å². The molecule has 1 aromatic carbocycles. The molecule has 0 spiro atoms. The van der Waals surface area contributed by atoms with Crippen molar-refractivity contribution in [3.8, 4) is 0 Å². The number of hydrogen-bond acceptors (Lipinski definition) is 5. The van der Waals surface area contributed by atoms with Crippen molar-refractivity contribution in [2.45, 2.75) is 29.9 Å². The van der Waals surface area contributed by atoms with Crippen LogP contribution in [0.3, 0.4) is 0 Å². The molecule has 2 aromatic rings. The molecule has 0 bridgehead atoms. The number of hydrogen-bond donors (Lipinski definition) is 1. The number of nitrogens with one attached hydrogen (secondary N) is 1. The highest BCUT2D eigenvalue weighted by Crippen LogP contribution is 2.23. The maximum absolute atomic E-state index is 5.33. The predicted molar refractivity (Wildman–Crippen MR) is 87.3 cm³/mol. The summed E-state index contributed by atoms with van der Waals surface area (Å²) in [5.74, 6) is 3.06. The van der Waals surface area contributed by atoms with E-state index in [4.69, 9.17) is 4.52 Å². The monoisotopic (exact) mass is 367 g/mol. The minimum absolute atomic E-state index is 0.746. The first kappa shape index (κ1) is 15.1. The molecule has 4 nitrogen and oxygen atoms in total. The number of benzene rings is 1. The summed E-state index contributed by atoms with van der Waals surface area (Å²) in [7, 11) is 0. The lowest BCUT2D eigenvalue weighted by molar-refractivity contribution is 0.361. The first-order valence-corrected chi connectivity index (χ1v) is 8.98. The van der Waals surface area contributed by atoms with Crippen molar-refractivity contribution in [1.82, 2.24) is 15.5 Å². The van der Waals surface area contributed by atoms with E-state index in [1.165, 1.54) is 11.3 Å². The number of nitrogens with zero attached hydrogens (tertiary/aromatic N) is 2. The highest BCUT2D eigenvalue weighted by Gasteiger charge is 2.16. The second-order valence-corrected chi connectivity index (χ2v) is 7.21. The molecule has 0 radical (unpaired) electrons. The van der Waals surface area contributed by atoms with Gasteiger partial charge in [-0.05, 0) is 56.1 Å². The molecule has 6 heteroatoms. The van der Waals surface area contributed by atoms with Gasteiger partial charge in [-0.2, -0.15) is 4.98 Å². The van der Waals surface area contributed by atoms with Crippen molar-refractivity contribution < 1.29 is 4.52 Å². The maximum atomic E-state index is 5.33. The van der Waals surface area contributed by atoms with Gasteiger partial charge in [0, 0.05) is 15.8 Å². The van der Waals surface area contributed by atoms with Gasteiger partial charge < -0.3 is 9.84 Å². The van der Waals surface area contributed by atoms with Crippen molar-refractivity contribution in [2.24, 2.45) is 5.92 Å². The third-order valence-corrected chi connectivity index (χ3v) is 5.16. The fourth-order valence-corrected chi connectivity index (χ4v) is 3.42. The van der Waals surface area contributed by atoms with Gasteiger partial charge in [-0.25, -0.2) is 0 Å². The molecule has 1 unspecified atom stereocenters. The number of rotatable bonds is 6. The highest BCUT2D eigenvalue weighted by molar-refractivity contribution is 9.10. The molecule has 0 saturated carbocycles. The zero-order chi connectivity index (χ0) is 14.5. The summed E-state index contributed by atoms with van der Waals surface area (Å²) < 4.78 is 6.42. The van der Waals surface area contributed by atoms with Gasteiger partial charge in [0.1, 0.15) is 0 Å². The fourth-order valence-electron chi connectivity index (χ4n) is 2.42. The van der Waals surface area contributed by atoms with Gasteiger partial charge in [-0.3, -0.25) is 0 Å². The Kier molecular flexibility index (Phi) is 5.32. The van der Waals surface area contributed by atoms with E-state index in [9.17, 15) is 0 Å². The van der Waals surface area contributed by atoms with Crippen LogP contribution in [0.1, 0.15) is 24.6 Å². The lowest BCUT2D eigenvalue weighted by Gasteiger charge is -2.03. The molecule has 0 amide bonds. The second kappa shape index (κ2) is 7.42. The number of aryl methyl sites for hydroxylation is 1. The molecule has 1 fully saturated rings. The molecule has 0 aliphatic carbocycles. The van der Waals surface area contributed by atoms with E-state index < -0.39 is 0 Å². The molecule has 1 aliphatic rings. The number of thioether (sulfide) groups is 1. The van der Waals surface area contributed by atoms with E-state index in [0.717, 1.165) is 53.8 Å². The Balaban J connectivity index is 1.46. The summed E-state index contributed by atoms with van der Waals surface area (Å²) in [6, 6.07) is 8.25. The molecular weight excluding hydrogens is 350 g/mol. The zero-order valence-corrected chi connectivity index (χ0v) is 14.1. The third kappa shape index (κ3) is 4.56. The molecule has 1 N–H and O–H groups in total. The largest absolute Gasteiger partial charge is 0.339 e. The molecule has 3 rings (SSSR count). The quantitative estimate of drug-likeness (QED) is 0.789. The minimum atomic E-state index is 0.746. The van der Waals surface area contributed by atoms with Crippen LogP contribution in [0.15, 0.2) is 38.2 Å². The first-order valence-electron chi connectivity index (χ1n) is 7.20. The standard InChI is InChI=1S/C15H18BrN3OS/c16-12-2-4-13(5-3-12)21-10-14-18-15(20-19-14)6-1-11-7-8-17-9-11/h2-5,11,17H,1,6-10H2. The molecule has 2 heterocycles. The number of aromatic nitrogens is 2. The van der Waals surface area contributed by atoms with Crippen LogP contribution < -0.4 is 5.32 Å². The Morgan fingerprint density at radius 3 is 2.95 bits per heavy atom. The van der Waals surface area contributed by atoms with Crippen LogP contribution in [-0.2, 0) is 12.2 Å². The molecule has 1 saturated heterocycles. The molecule has 112 valence electrons. The lowest BCUT2D eigenvalue weighted by Crippen LogP contribution is -2.09. The van der Waals surface area contributed by atoms with E-state index in [2.05, 4.69) is 43.5 Å². The van der Waals surface area contributed by atoms with E-state index in [-0.39, 0.29) is 0 Å². The second-order valence-electron chi connectivity index (χ2n) is 5.24. The Hall–Kier alpha value is -0.850. The van der Waals surface area contributed by atoms with Gasteiger partial charge in [0.15, 0.2) is 5.82 Å². The molecule has 21 heavy (non-hydrogen) atoms. The highest BCUT2D eigenvalue weighted by atomic mass is 79.9. The Labute approximate surface area is 137 Å². The molecule has 1 aromatic heterocycles. The molecular formula is C15H18BrN3OS. The van der Waals surface area contributed by atoms with Gasteiger partial charge in [0.05, 0.1) is 5.75 Å². The van der Waals surface area contributed by atoms with E-state index in [0.29, 0.717) is 0 Å². The van der Waals surface area contributed by atoms with E-state index in [1.807, 2.05) is 12.1 Å². The van der Waals surface area contributed by atoms with Crippen molar-refractivity contribution in [3.05, 3.63) is 40.5 Å². The third-order valence-electron chi connectivity index (χ3n) is 3.62. The average molecular weight is 368 g/mol. The summed E-state index contributed by atoms with van der Waals surface area (Å²) in [5.41, 5.74) is 0. The predicted octanol–water partition coefficient (Wildman–Crippen LogP) is 3.67. The van der Waals surface area contributed by atoms with Gasteiger partial charge in [-0.1, -0.05) is 21.1 Å². The normalized spacial score (nSPS) is 18.2. The lowest BCUT2D eigenvalue weighted by atomic mass is 10.0. The van der Waals surface area contributed by atoms with Crippen LogP contribution in [0, 0.1) is 5.92 Å². The van der Waals surface area contributed by atoms with Gasteiger partial charge in [0.25, 0.3) is 0 Å². The van der Waals surface area contributed by atoms with Crippen LogP contribution in [0.5, 0.6) is 0 Å². The Morgan fingerprint density at radius 2 is 2.19 bits per heavy atom. The van der Waals surface area contributed by atoms with Crippen molar-refractivity contribution in [2.75, 3.05) is 13.1 Å². The summed E-state index contributed by atoms with van der Waals surface area (Å²) in [4.78, 5) is 5.69. The summed E-state index contributed by atoms with van der Waals surface area (Å²) in [6.07, 6.45) is 3.29. The van der Waals surface area contributed by atoms with Gasteiger partial charge in [-0.15, -0.1) is 11.8 Å². The molecule has 1 atom stereocenters. The van der Waals surface area contributed by atoms with E-state index in [1.54, 1.807) is 11.8 Å². The van der Waals surface area contributed by atoms with Crippen LogP contribution in [-0.4, -0.2) is 23.2 Å². The summed E-state index contributed by atoms with van der Waals surface area (Å²) >= 11 is 5.16. The summed E-state index contributed by atoms with van der Waals surface area (Å²) in [5, 5.41) is 7.45. The van der Waals surface area contributed by atoms with E-state index >= 15 is 0 Å². The van der Waals surface area contributed by atoms with Gasteiger partial charge in [0.2, 0.25) is 5.89 Å². The smallest absolute Gasteiger partial charge is 0.226 e. The number of halogens is 1. The van der Waals surface area contributed by atoms with Crippen molar-refractivity contribution in [3.63, 3.8) is 0 Å².